The van der Waals surface area contributed by atoms with Crippen LogP contribution in [0.4, 0.5) is 0 Å². The summed E-state index contributed by atoms with van der Waals surface area (Å²) < 4.78 is 1.11. The molecule has 3 aromatic rings. The molecule has 4 heteroatoms. The topological polar surface area (TPSA) is 36.7 Å². The molecule has 0 aliphatic heterocycles. The third-order valence-electron chi connectivity index (χ3n) is 2.89. The van der Waals surface area contributed by atoms with Crippen LogP contribution in [0.2, 0.25) is 5.02 Å². The van der Waals surface area contributed by atoms with E-state index in [1.54, 1.807) is 29.5 Å². The Morgan fingerprint density at radius 2 is 2.11 bits per heavy atom. The van der Waals surface area contributed by atoms with E-state index in [0.29, 0.717) is 10.6 Å². The number of halogens is 1. The number of hydrogen-bond donors (Lipinski definition) is 0. The number of aromatic nitrogens is 1. The molecule has 0 saturated carbocycles. The number of fused-ring (bicyclic) bond motifs is 1. The molecule has 1 heterocycles. The van der Waals surface area contributed by atoms with E-state index in [0.717, 1.165) is 20.8 Å². The van der Waals surface area contributed by atoms with Gasteiger partial charge in [-0.1, -0.05) is 23.7 Å². The number of aryl methyl sites for hydroxylation is 1. The van der Waals surface area contributed by atoms with Crippen LogP contribution >= 0.6 is 22.9 Å². The van der Waals surface area contributed by atoms with Gasteiger partial charge in [0.1, 0.15) is 5.01 Å². The van der Waals surface area contributed by atoms with Crippen LogP contribution in [0.1, 0.15) is 11.1 Å². The first-order chi connectivity index (χ1) is 9.19. The molecule has 0 unspecified atom stereocenters. The quantitative estimate of drug-likeness (QED) is 0.644. The van der Waals surface area contributed by atoms with E-state index >= 15 is 0 Å². The number of thiazole rings is 1. The molecule has 2 nitrogen and oxygen atoms in total. The molecule has 0 spiro atoms. The molecule has 0 amide bonds. The van der Waals surface area contributed by atoms with Crippen molar-refractivity contribution in [2.75, 3.05) is 0 Å². The van der Waals surface area contributed by atoms with Crippen LogP contribution in [0.3, 0.4) is 0 Å². The van der Waals surface area contributed by atoms with E-state index in [2.05, 4.69) is 24.0 Å². The summed E-state index contributed by atoms with van der Waals surface area (Å²) in [7, 11) is 0. The highest BCUT2D eigenvalue weighted by atomic mass is 35.5. The number of nitrogens with zero attached hydrogens (tertiary/aromatic N) is 2. The lowest BCUT2D eigenvalue weighted by Crippen LogP contribution is -1.84. The van der Waals surface area contributed by atoms with E-state index < -0.39 is 0 Å². The lowest BCUT2D eigenvalue weighted by Gasteiger charge is -2.01. The Morgan fingerprint density at radius 1 is 1.26 bits per heavy atom. The minimum absolute atomic E-state index is 0.559. The van der Waals surface area contributed by atoms with E-state index in [9.17, 15) is 5.26 Å². The van der Waals surface area contributed by atoms with Crippen molar-refractivity contribution in [2.45, 2.75) is 6.92 Å². The summed E-state index contributed by atoms with van der Waals surface area (Å²) in [6.07, 6.45) is 0. The first-order valence-corrected chi connectivity index (χ1v) is 6.94. The summed E-state index contributed by atoms with van der Waals surface area (Å²) in [6.45, 7) is 2.05. The largest absolute Gasteiger partial charge is 0.236 e. The predicted octanol–water partition coefficient (Wildman–Crippen LogP) is 4.80. The van der Waals surface area contributed by atoms with Gasteiger partial charge in [-0.05, 0) is 36.8 Å². The van der Waals surface area contributed by atoms with Gasteiger partial charge in [-0.2, -0.15) is 5.26 Å². The second kappa shape index (κ2) is 4.65. The van der Waals surface area contributed by atoms with Crippen LogP contribution < -0.4 is 0 Å². The Kier molecular flexibility index (Phi) is 2.98. The van der Waals surface area contributed by atoms with Crippen molar-refractivity contribution >= 4 is 33.2 Å². The van der Waals surface area contributed by atoms with Gasteiger partial charge in [-0.25, -0.2) is 4.98 Å². The highest BCUT2D eigenvalue weighted by Gasteiger charge is 2.14. The van der Waals surface area contributed by atoms with Gasteiger partial charge in [0.05, 0.1) is 26.9 Å². The Bertz CT molecular complexity index is 815. The molecule has 19 heavy (non-hydrogen) atoms. The number of rotatable bonds is 1. The molecule has 0 saturated heterocycles. The summed E-state index contributed by atoms with van der Waals surface area (Å²) in [5, 5.41) is 10.6. The van der Waals surface area contributed by atoms with Crippen molar-refractivity contribution in [1.29, 1.82) is 5.26 Å². The normalized spacial score (nSPS) is 10.6. The van der Waals surface area contributed by atoms with Crippen molar-refractivity contribution in [3.8, 4) is 16.6 Å². The van der Waals surface area contributed by atoms with Gasteiger partial charge in [-0.3, -0.25) is 0 Å². The minimum Gasteiger partial charge on any atom is -0.236 e. The lowest BCUT2D eigenvalue weighted by molar-refractivity contribution is 1.43. The third-order valence-corrected chi connectivity index (χ3v) is 4.24. The number of benzene rings is 2. The maximum absolute atomic E-state index is 9.19. The molecule has 0 bridgehead atoms. The Balaban J connectivity index is 2.28. The zero-order valence-electron chi connectivity index (χ0n) is 10.1. The van der Waals surface area contributed by atoms with Gasteiger partial charge in [0.2, 0.25) is 0 Å². The minimum atomic E-state index is 0.559. The van der Waals surface area contributed by atoms with E-state index in [4.69, 9.17) is 11.6 Å². The van der Waals surface area contributed by atoms with Crippen LogP contribution in [0.15, 0.2) is 36.4 Å². The summed E-state index contributed by atoms with van der Waals surface area (Å²) in [5.41, 5.74) is 3.42. The van der Waals surface area contributed by atoms with Crippen molar-refractivity contribution in [2.24, 2.45) is 0 Å². The van der Waals surface area contributed by atoms with Gasteiger partial charge < -0.3 is 0 Å². The van der Waals surface area contributed by atoms with Gasteiger partial charge in [-0.15, -0.1) is 11.3 Å². The molecular formula is C15H9ClN2S. The molecule has 2 aromatic carbocycles. The summed E-state index contributed by atoms with van der Waals surface area (Å²) in [4.78, 5) is 4.58. The fourth-order valence-electron chi connectivity index (χ4n) is 1.97. The van der Waals surface area contributed by atoms with Crippen molar-refractivity contribution in [3.05, 3.63) is 52.5 Å². The highest BCUT2D eigenvalue weighted by molar-refractivity contribution is 7.21. The second-order valence-electron chi connectivity index (χ2n) is 4.26. The SMILES string of the molecule is Cc1ccc2nc(-c3c(Cl)cccc3C#N)sc2c1. The van der Waals surface area contributed by atoms with Gasteiger partial charge in [0.25, 0.3) is 0 Å². The molecule has 3 rings (SSSR count). The van der Waals surface area contributed by atoms with E-state index in [1.807, 2.05) is 12.1 Å². The molecule has 0 radical (unpaired) electrons. The van der Waals surface area contributed by atoms with Crippen LogP contribution in [-0.4, -0.2) is 4.98 Å². The molecule has 92 valence electrons. The zero-order chi connectivity index (χ0) is 13.4. The standard InChI is InChI=1S/C15H9ClN2S/c1-9-5-6-12-13(7-9)19-15(18-12)14-10(8-17)3-2-4-11(14)16/h2-7H,1H3. The molecule has 0 aliphatic carbocycles. The molecule has 0 atom stereocenters. The zero-order valence-corrected chi connectivity index (χ0v) is 11.7. The summed E-state index contributed by atoms with van der Waals surface area (Å²) >= 11 is 7.78. The van der Waals surface area contributed by atoms with Crippen LogP contribution in [0.5, 0.6) is 0 Å². The number of nitriles is 1. The van der Waals surface area contributed by atoms with Crippen LogP contribution in [0, 0.1) is 18.3 Å². The smallest absolute Gasteiger partial charge is 0.127 e. The van der Waals surface area contributed by atoms with E-state index in [-0.39, 0.29) is 0 Å². The summed E-state index contributed by atoms with van der Waals surface area (Å²) in [6, 6.07) is 13.6. The highest BCUT2D eigenvalue weighted by Crippen LogP contribution is 2.36. The maximum Gasteiger partial charge on any atom is 0.127 e. The Hall–Kier alpha value is -1.89. The lowest BCUT2D eigenvalue weighted by atomic mass is 10.1. The van der Waals surface area contributed by atoms with E-state index in [1.165, 1.54) is 5.56 Å². The fraction of sp³-hybridized carbons (Fsp3) is 0.0667. The number of hydrogen-bond acceptors (Lipinski definition) is 3. The monoisotopic (exact) mass is 284 g/mol. The van der Waals surface area contributed by atoms with Crippen LogP contribution in [0.25, 0.3) is 20.8 Å². The molecule has 0 fully saturated rings. The first kappa shape index (κ1) is 12.2. The fourth-order valence-corrected chi connectivity index (χ4v) is 3.43. The molecular weight excluding hydrogens is 276 g/mol. The maximum atomic E-state index is 9.19. The summed E-state index contributed by atoms with van der Waals surface area (Å²) in [5.74, 6) is 0. The second-order valence-corrected chi connectivity index (χ2v) is 5.70. The van der Waals surface area contributed by atoms with Crippen LogP contribution in [-0.2, 0) is 0 Å². The third kappa shape index (κ3) is 2.10. The molecule has 0 N–H and O–H groups in total. The Morgan fingerprint density at radius 3 is 2.89 bits per heavy atom. The molecule has 1 aromatic heterocycles. The molecule has 0 aliphatic rings. The van der Waals surface area contributed by atoms with Gasteiger partial charge in [0, 0.05) is 5.56 Å². The van der Waals surface area contributed by atoms with Gasteiger partial charge in [0.15, 0.2) is 0 Å². The van der Waals surface area contributed by atoms with Crippen molar-refractivity contribution < 1.29 is 0 Å². The van der Waals surface area contributed by atoms with Crippen molar-refractivity contribution in [1.82, 2.24) is 4.98 Å². The first-order valence-electron chi connectivity index (χ1n) is 5.75. The Labute approximate surface area is 119 Å². The average Bonchev–Trinajstić information content (AvgIpc) is 2.80. The van der Waals surface area contributed by atoms with Crippen molar-refractivity contribution in [3.63, 3.8) is 0 Å². The average molecular weight is 285 g/mol. The predicted molar refractivity (Wildman–Crippen MR) is 79.5 cm³/mol. The van der Waals surface area contributed by atoms with Gasteiger partial charge >= 0.3 is 0 Å².